The van der Waals surface area contributed by atoms with Gasteiger partial charge in [0.15, 0.2) is 0 Å². The Morgan fingerprint density at radius 3 is 2.06 bits per heavy atom. The Kier molecular flexibility index (Phi) is 5.64. The summed E-state index contributed by atoms with van der Waals surface area (Å²) in [4.78, 5) is 12.3. The first kappa shape index (κ1) is 15.5. The Labute approximate surface area is 112 Å². The third-order valence-electron chi connectivity index (χ3n) is 5.07. The number of nitrogens with two attached hydrogens (primary N) is 1. The molecular formula is C15H30N2O. The van der Waals surface area contributed by atoms with Crippen molar-refractivity contribution in [1.29, 1.82) is 0 Å². The Balaban J connectivity index is 2.54. The number of rotatable bonds is 6. The van der Waals surface area contributed by atoms with Crippen molar-refractivity contribution < 1.29 is 4.79 Å². The van der Waals surface area contributed by atoms with Gasteiger partial charge in [-0.05, 0) is 37.5 Å². The highest BCUT2D eigenvalue weighted by molar-refractivity contribution is 5.86. The van der Waals surface area contributed by atoms with Gasteiger partial charge in [-0.1, -0.05) is 40.0 Å². The maximum atomic E-state index is 12.3. The van der Waals surface area contributed by atoms with E-state index in [1.165, 1.54) is 6.42 Å². The second-order valence-corrected chi connectivity index (χ2v) is 5.96. The van der Waals surface area contributed by atoms with E-state index in [0.717, 1.165) is 51.5 Å². The summed E-state index contributed by atoms with van der Waals surface area (Å²) in [5.41, 5.74) is 5.90. The van der Waals surface area contributed by atoms with Crippen LogP contribution in [0.2, 0.25) is 0 Å². The van der Waals surface area contributed by atoms with Gasteiger partial charge >= 0.3 is 0 Å². The lowest BCUT2D eigenvalue weighted by molar-refractivity contribution is -0.128. The van der Waals surface area contributed by atoms with Crippen LogP contribution in [0.3, 0.4) is 0 Å². The van der Waals surface area contributed by atoms with Crippen LogP contribution < -0.4 is 11.1 Å². The second-order valence-electron chi connectivity index (χ2n) is 5.96. The van der Waals surface area contributed by atoms with E-state index in [4.69, 9.17) is 5.73 Å². The molecule has 3 heteroatoms. The highest BCUT2D eigenvalue weighted by Gasteiger charge is 2.36. The molecule has 18 heavy (non-hydrogen) atoms. The number of carbonyl (C=O) groups excluding carboxylic acids is 1. The van der Waals surface area contributed by atoms with Gasteiger partial charge in [0.1, 0.15) is 0 Å². The number of nitrogens with one attached hydrogen (secondary N) is 1. The van der Waals surface area contributed by atoms with Crippen LogP contribution in [0, 0.1) is 5.41 Å². The van der Waals surface area contributed by atoms with Gasteiger partial charge in [-0.3, -0.25) is 4.79 Å². The Bertz CT molecular complexity index is 257. The average Bonchev–Trinajstić information content (AvgIpc) is 2.41. The lowest BCUT2D eigenvalue weighted by Gasteiger charge is -2.35. The molecule has 0 unspecified atom stereocenters. The summed E-state index contributed by atoms with van der Waals surface area (Å²) < 4.78 is 0. The fraction of sp³-hybridized carbons (Fsp3) is 0.933. The van der Waals surface area contributed by atoms with Gasteiger partial charge in [0, 0.05) is 6.54 Å². The monoisotopic (exact) mass is 254 g/mol. The predicted molar refractivity (Wildman–Crippen MR) is 76.3 cm³/mol. The van der Waals surface area contributed by atoms with Crippen molar-refractivity contribution in [2.24, 2.45) is 11.1 Å². The molecule has 0 aromatic carbocycles. The van der Waals surface area contributed by atoms with Gasteiger partial charge in [0.05, 0.1) is 5.54 Å². The quantitative estimate of drug-likeness (QED) is 0.765. The number of hydrogen-bond acceptors (Lipinski definition) is 2. The molecule has 1 fully saturated rings. The van der Waals surface area contributed by atoms with Gasteiger partial charge in [-0.25, -0.2) is 0 Å². The van der Waals surface area contributed by atoms with E-state index in [-0.39, 0.29) is 11.3 Å². The van der Waals surface area contributed by atoms with Crippen LogP contribution in [0.25, 0.3) is 0 Å². The van der Waals surface area contributed by atoms with E-state index >= 15 is 0 Å². The van der Waals surface area contributed by atoms with Crippen LogP contribution in [0.4, 0.5) is 0 Å². The second kappa shape index (κ2) is 6.55. The van der Waals surface area contributed by atoms with E-state index in [9.17, 15) is 4.79 Å². The number of hydrogen-bond donors (Lipinski definition) is 2. The zero-order valence-corrected chi connectivity index (χ0v) is 12.3. The van der Waals surface area contributed by atoms with E-state index in [0.29, 0.717) is 0 Å². The van der Waals surface area contributed by atoms with E-state index in [1.807, 2.05) is 0 Å². The normalized spacial score (nSPS) is 19.6. The molecule has 1 aliphatic rings. The first-order valence-corrected chi connectivity index (χ1v) is 7.59. The first-order chi connectivity index (χ1) is 8.52. The van der Waals surface area contributed by atoms with Crippen molar-refractivity contribution in [2.75, 3.05) is 6.54 Å². The summed E-state index contributed by atoms with van der Waals surface area (Å²) in [6.07, 6.45) is 8.41. The Hall–Kier alpha value is -0.570. The molecule has 1 rings (SSSR count). The van der Waals surface area contributed by atoms with Gasteiger partial charge in [-0.15, -0.1) is 0 Å². The van der Waals surface area contributed by atoms with Crippen LogP contribution >= 0.6 is 0 Å². The third kappa shape index (κ3) is 3.47. The minimum Gasteiger partial charge on any atom is -0.354 e. The topological polar surface area (TPSA) is 55.1 Å². The van der Waals surface area contributed by atoms with Crippen molar-refractivity contribution in [2.45, 2.75) is 77.7 Å². The molecule has 106 valence electrons. The summed E-state index contributed by atoms with van der Waals surface area (Å²) >= 11 is 0. The molecule has 0 aromatic heterocycles. The zero-order valence-electron chi connectivity index (χ0n) is 12.3. The fourth-order valence-electron chi connectivity index (χ4n) is 2.98. The molecule has 0 aromatic rings. The van der Waals surface area contributed by atoms with Crippen molar-refractivity contribution in [1.82, 2.24) is 5.32 Å². The largest absolute Gasteiger partial charge is 0.354 e. The molecule has 1 amide bonds. The molecule has 0 heterocycles. The number of carbonyl (C=O) groups is 1. The SMILES string of the molecule is CCC(CC)(CC)CNC(=O)C1(N)CCCCC1. The molecule has 0 atom stereocenters. The lowest BCUT2D eigenvalue weighted by atomic mass is 9.78. The Morgan fingerprint density at radius 1 is 1.11 bits per heavy atom. The molecular weight excluding hydrogens is 224 g/mol. The molecule has 0 spiro atoms. The van der Waals surface area contributed by atoms with Crippen molar-refractivity contribution in [3.8, 4) is 0 Å². The van der Waals surface area contributed by atoms with Gasteiger partial charge in [-0.2, -0.15) is 0 Å². The van der Waals surface area contributed by atoms with Crippen LogP contribution in [-0.2, 0) is 4.79 Å². The van der Waals surface area contributed by atoms with Crippen molar-refractivity contribution in [3.05, 3.63) is 0 Å². The highest BCUT2D eigenvalue weighted by atomic mass is 16.2. The minimum atomic E-state index is -0.598. The van der Waals surface area contributed by atoms with Gasteiger partial charge < -0.3 is 11.1 Å². The molecule has 0 aliphatic heterocycles. The standard InChI is InChI=1S/C15H30N2O/c1-4-14(5-2,6-3)12-17-13(18)15(16)10-8-7-9-11-15/h4-12,16H2,1-3H3,(H,17,18). The summed E-state index contributed by atoms with van der Waals surface area (Å²) in [6, 6.07) is 0. The van der Waals surface area contributed by atoms with Gasteiger partial charge in [0.25, 0.3) is 0 Å². The zero-order chi connectivity index (χ0) is 13.6. The summed E-state index contributed by atoms with van der Waals surface area (Å²) in [6.45, 7) is 7.39. The third-order valence-corrected chi connectivity index (χ3v) is 5.07. The van der Waals surface area contributed by atoms with Crippen LogP contribution in [-0.4, -0.2) is 18.0 Å². The van der Waals surface area contributed by atoms with Gasteiger partial charge in [0.2, 0.25) is 5.91 Å². The highest BCUT2D eigenvalue weighted by Crippen LogP contribution is 2.30. The lowest BCUT2D eigenvalue weighted by Crippen LogP contribution is -2.56. The predicted octanol–water partition coefficient (Wildman–Crippen LogP) is 2.98. The van der Waals surface area contributed by atoms with E-state index < -0.39 is 5.54 Å². The minimum absolute atomic E-state index is 0.0712. The van der Waals surface area contributed by atoms with E-state index in [1.54, 1.807) is 0 Å². The summed E-state index contributed by atoms with van der Waals surface area (Å²) in [5.74, 6) is 0.0712. The van der Waals surface area contributed by atoms with Crippen LogP contribution in [0.1, 0.15) is 72.1 Å². The fourth-order valence-corrected chi connectivity index (χ4v) is 2.98. The number of amides is 1. The van der Waals surface area contributed by atoms with Crippen molar-refractivity contribution in [3.63, 3.8) is 0 Å². The summed E-state index contributed by atoms with van der Waals surface area (Å²) in [5, 5.41) is 3.12. The van der Waals surface area contributed by atoms with Crippen molar-refractivity contribution >= 4 is 5.91 Å². The van der Waals surface area contributed by atoms with Crippen LogP contribution in [0.5, 0.6) is 0 Å². The molecule has 3 nitrogen and oxygen atoms in total. The smallest absolute Gasteiger partial charge is 0.240 e. The maximum Gasteiger partial charge on any atom is 0.240 e. The molecule has 0 bridgehead atoms. The Morgan fingerprint density at radius 2 is 1.61 bits per heavy atom. The van der Waals surface area contributed by atoms with E-state index in [2.05, 4.69) is 26.1 Å². The molecule has 0 radical (unpaired) electrons. The summed E-state index contributed by atoms with van der Waals surface area (Å²) in [7, 11) is 0. The first-order valence-electron chi connectivity index (χ1n) is 7.59. The molecule has 1 aliphatic carbocycles. The molecule has 0 saturated heterocycles. The van der Waals surface area contributed by atoms with Crippen LogP contribution in [0.15, 0.2) is 0 Å². The average molecular weight is 254 g/mol. The maximum absolute atomic E-state index is 12.3. The molecule has 1 saturated carbocycles. The molecule has 3 N–H and O–H groups in total.